The first-order valence-corrected chi connectivity index (χ1v) is 18.2. The van der Waals surface area contributed by atoms with Crippen LogP contribution in [0.2, 0.25) is 0 Å². The normalized spacial score (nSPS) is 11.5. The van der Waals surface area contributed by atoms with Crippen LogP contribution in [-0.4, -0.2) is 4.57 Å². The molecule has 0 aliphatic rings. The lowest BCUT2D eigenvalue weighted by molar-refractivity contribution is 1.18. The monoisotopic (exact) mass is 668 g/mol. The molecule has 51 heavy (non-hydrogen) atoms. The van der Waals surface area contributed by atoms with Crippen LogP contribution in [0.5, 0.6) is 0 Å². The Labute approximate surface area is 300 Å². The van der Waals surface area contributed by atoms with Gasteiger partial charge in [0.05, 0.1) is 21.4 Å². The van der Waals surface area contributed by atoms with Gasteiger partial charge < -0.3 is 9.47 Å². The van der Waals surface area contributed by atoms with Crippen molar-refractivity contribution < 1.29 is 0 Å². The number of rotatable bonds is 6. The predicted octanol–water partition coefficient (Wildman–Crippen LogP) is 14.0. The minimum absolute atomic E-state index is 1.12. The summed E-state index contributed by atoms with van der Waals surface area (Å²) < 4.78 is 5.00. The summed E-state index contributed by atoms with van der Waals surface area (Å²) in [5.74, 6) is 0. The first-order chi connectivity index (χ1) is 25.3. The molecule has 0 atom stereocenters. The lowest BCUT2D eigenvalue weighted by Crippen LogP contribution is -2.10. The highest BCUT2D eigenvalue weighted by atomic mass is 32.1. The van der Waals surface area contributed by atoms with Crippen LogP contribution >= 0.6 is 11.3 Å². The molecule has 0 N–H and O–H groups in total. The molecule has 2 aromatic heterocycles. The van der Waals surface area contributed by atoms with Gasteiger partial charge >= 0.3 is 0 Å². The van der Waals surface area contributed by atoms with Crippen LogP contribution in [0.4, 0.5) is 17.1 Å². The van der Waals surface area contributed by atoms with Crippen LogP contribution in [0.1, 0.15) is 0 Å². The molecule has 240 valence electrons. The van der Waals surface area contributed by atoms with E-state index >= 15 is 0 Å². The highest BCUT2D eigenvalue weighted by molar-refractivity contribution is 7.26. The van der Waals surface area contributed by atoms with E-state index in [1.807, 2.05) is 11.3 Å². The van der Waals surface area contributed by atoms with Crippen LogP contribution in [0.3, 0.4) is 0 Å². The van der Waals surface area contributed by atoms with E-state index in [0.717, 1.165) is 17.1 Å². The van der Waals surface area contributed by atoms with Crippen molar-refractivity contribution in [2.24, 2.45) is 0 Å². The van der Waals surface area contributed by atoms with Gasteiger partial charge in [-0.3, -0.25) is 0 Å². The minimum atomic E-state index is 1.12. The van der Waals surface area contributed by atoms with Gasteiger partial charge in [-0.2, -0.15) is 0 Å². The summed E-state index contributed by atoms with van der Waals surface area (Å²) in [6.45, 7) is 0. The van der Waals surface area contributed by atoms with Crippen molar-refractivity contribution in [2.75, 3.05) is 4.90 Å². The zero-order valence-corrected chi connectivity index (χ0v) is 28.6. The smallest absolute Gasteiger partial charge is 0.0640 e. The standard InChI is InChI=1S/C48H32N2S/c1-3-13-33(14-4-1)34-25-29-37(30-26-34)49(45-23-12-21-43-41-18-8-10-24-46(41)51-48(43)45)38-31-27-35(28-32-38)39-19-11-20-42-40-17-7-9-22-44(40)50(47(39)42)36-15-5-2-6-16-36/h1-32H. The van der Waals surface area contributed by atoms with Crippen LogP contribution < -0.4 is 4.90 Å². The summed E-state index contributed by atoms with van der Waals surface area (Å²) in [4.78, 5) is 2.41. The van der Waals surface area contributed by atoms with Gasteiger partial charge in [-0.25, -0.2) is 0 Å². The van der Waals surface area contributed by atoms with E-state index in [-0.39, 0.29) is 0 Å². The molecule has 0 radical (unpaired) electrons. The lowest BCUT2D eigenvalue weighted by atomic mass is 10.0. The summed E-state index contributed by atoms with van der Waals surface area (Å²) in [6, 6.07) is 70.3. The molecule has 0 amide bonds. The Morgan fingerprint density at radius 1 is 0.392 bits per heavy atom. The number of para-hydroxylation sites is 3. The maximum atomic E-state index is 2.41. The van der Waals surface area contributed by atoms with Gasteiger partial charge in [-0.1, -0.05) is 140 Å². The summed E-state index contributed by atoms with van der Waals surface area (Å²) >= 11 is 1.86. The second kappa shape index (κ2) is 12.2. The van der Waals surface area contributed by atoms with Crippen LogP contribution in [-0.2, 0) is 0 Å². The molecule has 0 saturated heterocycles. The van der Waals surface area contributed by atoms with E-state index in [2.05, 4.69) is 204 Å². The highest BCUT2D eigenvalue weighted by Gasteiger charge is 2.20. The zero-order valence-electron chi connectivity index (χ0n) is 27.8. The summed E-state index contributed by atoms with van der Waals surface area (Å²) in [5, 5.41) is 5.11. The molecule has 10 rings (SSSR count). The fourth-order valence-electron chi connectivity index (χ4n) is 7.66. The maximum absolute atomic E-state index is 2.41. The van der Waals surface area contributed by atoms with E-state index in [4.69, 9.17) is 0 Å². The van der Waals surface area contributed by atoms with Crippen molar-refractivity contribution in [3.8, 4) is 27.9 Å². The zero-order chi connectivity index (χ0) is 33.7. The fourth-order valence-corrected chi connectivity index (χ4v) is 8.86. The van der Waals surface area contributed by atoms with Crippen molar-refractivity contribution in [1.29, 1.82) is 0 Å². The molecule has 0 fully saturated rings. The molecule has 8 aromatic carbocycles. The summed E-state index contributed by atoms with van der Waals surface area (Å²) in [6.07, 6.45) is 0. The van der Waals surface area contributed by atoms with E-state index in [1.54, 1.807) is 0 Å². The third-order valence-corrected chi connectivity index (χ3v) is 11.2. The molecule has 2 heterocycles. The van der Waals surface area contributed by atoms with Crippen molar-refractivity contribution in [1.82, 2.24) is 4.57 Å². The first-order valence-electron chi connectivity index (χ1n) is 17.4. The number of anilines is 3. The number of nitrogens with zero attached hydrogens (tertiary/aromatic N) is 2. The molecular weight excluding hydrogens is 637 g/mol. The van der Waals surface area contributed by atoms with E-state index < -0.39 is 0 Å². The van der Waals surface area contributed by atoms with Gasteiger partial charge in [0.25, 0.3) is 0 Å². The molecular formula is C48H32N2S. The second-order valence-electron chi connectivity index (χ2n) is 12.9. The minimum Gasteiger partial charge on any atom is -0.309 e. The molecule has 2 nitrogen and oxygen atoms in total. The average molecular weight is 669 g/mol. The summed E-state index contributed by atoms with van der Waals surface area (Å²) in [7, 11) is 0. The first kappa shape index (κ1) is 29.5. The van der Waals surface area contributed by atoms with Crippen LogP contribution in [0, 0.1) is 0 Å². The molecule has 3 heteroatoms. The van der Waals surface area contributed by atoms with Crippen LogP contribution in [0.25, 0.3) is 69.9 Å². The number of benzene rings is 8. The lowest BCUT2D eigenvalue weighted by Gasteiger charge is -2.26. The Morgan fingerprint density at radius 3 is 1.73 bits per heavy atom. The Bertz CT molecular complexity index is 2830. The predicted molar refractivity (Wildman–Crippen MR) is 219 cm³/mol. The number of hydrogen-bond acceptors (Lipinski definition) is 2. The maximum Gasteiger partial charge on any atom is 0.0640 e. The molecule has 0 unspecified atom stereocenters. The Hall–Kier alpha value is -6.42. The van der Waals surface area contributed by atoms with Crippen LogP contribution in [0.15, 0.2) is 194 Å². The SMILES string of the molecule is c1ccc(-c2ccc(N(c3ccc(-c4cccc5c6ccccc6n(-c6ccccc6)c45)cc3)c3cccc4c3sc3ccccc34)cc2)cc1. The van der Waals surface area contributed by atoms with Gasteiger partial charge in [0, 0.05) is 48.9 Å². The van der Waals surface area contributed by atoms with Crippen molar-refractivity contribution in [2.45, 2.75) is 0 Å². The van der Waals surface area contributed by atoms with Gasteiger partial charge in [-0.05, 0) is 71.3 Å². The molecule has 0 aliphatic heterocycles. The molecule has 0 saturated carbocycles. The largest absolute Gasteiger partial charge is 0.309 e. The number of hydrogen-bond donors (Lipinski definition) is 0. The van der Waals surface area contributed by atoms with Crippen molar-refractivity contribution in [3.05, 3.63) is 194 Å². The quantitative estimate of drug-likeness (QED) is 0.171. The van der Waals surface area contributed by atoms with Gasteiger partial charge in [0.1, 0.15) is 0 Å². The third-order valence-electron chi connectivity index (χ3n) is 10.0. The van der Waals surface area contributed by atoms with Gasteiger partial charge in [0.2, 0.25) is 0 Å². The topological polar surface area (TPSA) is 8.17 Å². The second-order valence-corrected chi connectivity index (χ2v) is 14.0. The Balaban J connectivity index is 1.14. The Morgan fingerprint density at radius 2 is 0.961 bits per heavy atom. The molecule has 10 aromatic rings. The van der Waals surface area contributed by atoms with Gasteiger partial charge in [-0.15, -0.1) is 11.3 Å². The number of fused-ring (bicyclic) bond motifs is 6. The molecule has 0 bridgehead atoms. The van der Waals surface area contributed by atoms with E-state index in [1.165, 1.54) is 69.9 Å². The highest BCUT2D eigenvalue weighted by Crippen LogP contribution is 2.46. The summed E-state index contributed by atoms with van der Waals surface area (Å²) in [5.41, 5.74) is 11.8. The average Bonchev–Trinajstić information content (AvgIpc) is 3.76. The molecule has 0 spiro atoms. The van der Waals surface area contributed by atoms with E-state index in [9.17, 15) is 0 Å². The Kier molecular flexibility index (Phi) is 7.04. The van der Waals surface area contributed by atoms with Crippen molar-refractivity contribution >= 4 is 70.4 Å². The van der Waals surface area contributed by atoms with Crippen molar-refractivity contribution in [3.63, 3.8) is 0 Å². The fraction of sp³-hybridized carbons (Fsp3) is 0. The molecule has 0 aliphatic carbocycles. The number of thiophene rings is 1. The third kappa shape index (κ3) is 4.93. The van der Waals surface area contributed by atoms with Gasteiger partial charge in [0.15, 0.2) is 0 Å². The van der Waals surface area contributed by atoms with E-state index in [0.29, 0.717) is 0 Å². The number of aromatic nitrogens is 1.